The molecule has 1 aliphatic rings. The minimum Gasteiger partial charge on any atom is -0.394 e. The third-order valence-corrected chi connectivity index (χ3v) is 12.9. The first-order valence-corrected chi connectivity index (χ1v) is 26.9. The zero-order valence-corrected chi connectivity index (χ0v) is 46.1. The summed E-state index contributed by atoms with van der Waals surface area (Å²) in [5.74, 6) is -9.83. The Bertz CT molecular complexity index is 2240. The van der Waals surface area contributed by atoms with E-state index in [2.05, 4.69) is 63.2 Å². The van der Waals surface area contributed by atoms with E-state index in [-0.39, 0.29) is 82.8 Å². The molecule has 79 heavy (non-hydrogen) atoms. The monoisotopic (exact) mass is 1120 g/mol. The van der Waals surface area contributed by atoms with Gasteiger partial charge in [-0.2, -0.15) is 0 Å². The predicted molar refractivity (Wildman–Crippen MR) is 287 cm³/mol. The number of rotatable bonds is 26. The summed E-state index contributed by atoms with van der Waals surface area (Å²) in [6.07, 6.45) is 4.20. The number of amides is 11. The van der Waals surface area contributed by atoms with Gasteiger partial charge in [0.1, 0.15) is 48.3 Å². The van der Waals surface area contributed by atoms with Crippen LogP contribution in [0.25, 0.3) is 0 Å². The molecule has 444 valence electrons. The summed E-state index contributed by atoms with van der Waals surface area (Å²) < 4.78 is 1.51. The van der Waals surface area contributed by atoms with Gasteiger partial charge in [-0.15, -0.1) is 5.10 Å². The molecule has 1 aliphatic heterocycles. The van der Waals surface area contributed by atoms with E-state index in [1.54, 1.807) is 33.9 Å². The molecule has 1 aromatic rings. The lowest BCUT2D eigenvalue weighted by molar-refractivity contribution is -0.137. The summed E-state index contributed by atoms with van der Waals surface area (Å²) >= 11 is 0. The molecular formula is C49H86N18O12. The van der Waals surface area contributed by atoms with E-state index in [9.17, 15) is 57.8 Å². The van der Waals surface area contributed by atoms with Crippen LogP contribution in [-0.4, -0.2) is 166 Å². The van der Waals surface area contributed by atoms with Gasteiger partial charge < -0.3 is 81.6 Å². The number of guanidine groups is 1. The van der Waals surface area contributed by atoms with Crippen LogP contribution in [0.5, 0.6) is 0 Å². The van der Waals surface area contributed by atoms with Crippen LogP contribution in [0.3, 0.4) is 0 Å². The normalized spacial score (nSPS) is 20.5. The number of hydrogen-bond donors (Lipinski definition) is 15. The number of primary amides is 2. The van der Waals surface area contributed by atoms with Gasteiger partial charge in [0.25, 0.3) is 0 Å². The molecule has 0 fully saturated rings. The first-order chi connectivity index (χ1) is 37.4. The minimum atomic E-state index is -1.68. The first-order valence-electron chi connectivity index (χ1n) is 26.9. The van der Waals surface area contributed by atoms with Gasteiger partial charge in [-0.3, -0.25) is 62.4 Å². The van der Waals surface area contributed by atoms with Gasteiger partial charge in [-0.1, -0.05) is 45.7 Å². The molecule has 0 aromatic carbocycles. The number of aryl methyl sites for hydroxylation is 2. The number of aliphatic imine (C=N–C) groups is 1. The Hall–Kier alpha value is -7.50. The molecule has 1 aromatic heterocycles. The summed E-state index contributed by atoms with van der Waals surface area (Å²) in [6, 6.07) is -10.7. The van der Waals surface area contributed by atoms with Gasteiger partial charge in [0.2, 0.25) is 65.0 Å². The summed E-state index contributed by atoms with van der Waals surface area (Å²) in [5, 5.41) is 41.9. The fourth-order valence-corrected chi connectivity index (χ4v) is 8.30. The molecule has 0 saturated heterocycles. The van der Waals surface area contributed by atoms with Gasteiger partial charge in [-0.25, -0.2) is 0 Å². The topological polar surface area (TPSA) is 489 Å². The molecule has 0 aliphatic carbocycles. The van der Waals surface area contributed by atoms with E-state index in [0.29, 0.717) is 44.3 Å². The van der Waals surface area contributed by atoms with E-state index in [4.69, 9.17) is 28.7 Å². The van der Waals surface area contributed by atoms with Gasteiger partial charge in [-0.05, 0) is 95.4 Å². The number of aromatic nitrogens is 3. The fourth-order valence-electron chi connectivity index (χ4n) is 8.30. The zero-order valence-electron chi connectivity index (χ0n) is 46.1. The molecule has 0 saturated carbocycles. The number of fused-ring (bicyclic) bond motifs is 2. The first kappa shape index (κ1) is 67.6. The average molecular weight is 1120 g/mol. The Kier molecular flexibility index (Phi) is 30.7. The Labute approximate surface area is 459 Å². The maximum absolute atomic E-state index is 14.3. The second-order valence-electron chi connectivity index (χ2n) is 20.1. The highest BCUT2D eigenvalue weighted by atomic mass is 16.3. The highest BCUT2D eigenvalue weighted by Gasteiger charge is 2.36. The second kappa shape index (κ2) is 35.8. The van der Waals surface area contributed by atoms with Crippen LogP contribution in [0.2, 0.25) is 0 Å². The lowest BCUT2D eigenvalue weighted by Gasteiger charge is -2.29. The summed E-state index contributed by atoms with van der Waals surface area (Å²) in [6.45, 7) is 7.33. The van der Waals surface area contributed by atoms with Gasteiger partial charge in [0.05, 0.1) is 18.8 Å². The highest BCUT2D eigenvalue weighted by molar-refractivity contribution is 5.98. The highest BCUT2D eigenvalue weighted by Crippen LogP contribution is 2.14. The molecule has 11 amide bonds. The number of nitrogens with zero attached hydrogens (tertiary/aromatic N) is 4. The van der Waals surface area contributed by atoms with Crippen molar-refractivity contribution in [2.75, 3.05) is 26.2 Å². The van der Waals surface area contributed by atoms with Crippen LogP contribution in [0.15, 0.2) is 11.2 Å². The van der Waals surface area contributed by atoms with Crippen molar-refractivity contribution in [3.05, 3.63) is 11.9 Å². The van der Waals surface area contributed by atoms with Crippen molar-refractivity contribution >= 4 is 70.9 Å². The number of aliphatic hydroxyl groups is 1. The van der Waals surface area contributed by atoms with E-state index in [1.165, 1.54) is 11.6 Å². The van der Waals surface area contributed by atoms with E-state index in [1.807, 2.05) is 0 Å². The zero-order chi connectivity index (χ0) is 59.2. The molecule has 20 N–H and O–H groups in total. The number of aliphatic hydroxyl groups excluding tert-OH is 1. The Balaban J connectivity index is 2.55. The Morgan fingerprint density at radius 2 is 1.48 bits per heavy atom. The average Bonchev–Trinajstić information content (AvgIpc) is 3.85. The van der Waals surface area contributed by atoms with Crippen molar-refractivity contribution in [3.63, 3.8) is 0 Å². The van der Waals surface area contributed by atoms with Crippen molar-refractivity contribution in [1.29, 1.82) is 0 Å². The predicted octanol–water partition coefficient (Wildman–Crippen LogP) is -5.18. The van der Waals surface area contributed by atoms with Gasteiger partial charge >= 0.3 is 0 Å². The second-order valence-corrected chi connectivity index (χ2v) is 20.1. The maximum Gasteiger partial charge on any atom is 0.245 e. The fraction of sp³-hybridized carbons (Fsp3) is 0.714. The van der Waals surface area contributed by atoms with E-state index in [0.717, 1.165) is 0 Å². The third-order valence-electron chi connectivity index (χ3n) is 12.9. The van der Waals surface area contributed by atoms with Crippen LogP contribution in [-0.2, 0) is 65.7 Å². The lowest BCUT2D eigenvalue weighted by atomic mass is 9.97. The molecule has 2 bridgehead atoms. The molecule has 2 rings (SSSR count). The number of carbonyl (C=O) groups is 11. The van der Waals surface area contributed by atoms with E-state index < -0.39 is 139 Å². The molecule has 0 unspecified atom stereocenters. The van der Waals surface area contributed by atoms with E-state index >= 15 is 0 Å². The van der Waals surface area contributed by atoms with Gasteiger partial charge in [0.15, 0.2) is 5.96 Å². The largest absolute Gasteiger partial charge is 0.394 e. The summed E-state index contributed by atoms with van der Waals surface area (Å²) in [7, 11) is 0. The standard InChI is InChI=1S/C49H86N18O12/c1-6-28(4)40-48(79)61-35(18-19-38(51)70)45(76)60-34(44(75)62-36(23-27(2)3)46(77)59-31(41(52)72)16-11-21-55-49(53)54)17-12-22-67-25-30(65-66-67)13-7-8-14-33(43(74)63-37(26-68)47(78)64-40)58-39(71)24-56-42(73)32(57-29(5)69)15-9-10-20-50/h25,27-28,31-37,40,68H,6-24,26,50H2,1-5H3,(H2,51,70)(H2,52,72)(H,56,73)(H,57,69)(H,58,71)(H,59,77)(H,60,76)(H,61,79)(H,62,75)(H,63,74)(H,64,78)(H4,53,54,55)/t28-,31-,32-,33-,34-,35-,36-,37-,40-/m0/s1. The molecule has 9 atom stereocenters. The van der Waals surface area contributed by atoms with Crippen LogP contribution in [0.4, 0.5) is 0 Å². The summed E-state index contributed by atoms with van der Waals surface area (Å²) in [4.78, 5) is 151. The smallest absolute Gasteiger partial charge is 0.245 e. The number of carbonyl (C=O) groups excluding carboxylic acids is 11. The number of nitrogens with one attached hydrogen (secondary N) is 9. The Morgan fingerprint density at radius 1 is 0.797 bits per heavy atom. The van der Waals surface area contributed by atoms with Crippen LogP contribution in [0, 0.1) is 11.8 Å². The van der Waals surface area contributed by atoms with Crippen LogP contribution >= 0.6 is 0 Å². The minimum absolute atomic E-state index is 0.00814. The maximum atomic E-state index is 14.3. The molecule has 0 spiro atoms. The van der Waals surface area contributed by atoms with Crippen LogP contribution < -0.4 is 76.5 Å². The molecule has 2 heterocycles. The number of hydrogen-bond acceptors (Lipinski definition) is 16. The van der Waals surface area contributed by atoms with Crippen molar-refractivity contribution in [3.8, 4) is 0 Å². The molecule has 30 heteroatoms. The van der Waals surface area contributed by atoms with Crippen molar-refractivity contribution < 1.29 is 57.8 Å². The third kappa shape index (κ3) is 26.1. The molecular weight excluding hydrogens is 1030 g/mol. The van der Waals surface area contributed by atoms with Crippen LogP contribution in [0.1, 0.15) is 130 Å². The quantitative estimate of drug-likeness (QED) is 0.0234. The number of unbranched alkanes of at least 4 members (excludes halogenated alkanes) is 1. The van der Waals surface area contributed by atoms with Crippen molar-refractivity contribution in [2.45, 2.75) is 186 Å². The number of nitrogens with two attached hydrogens (primary N) is 5. The lowest BCUT2D eigenvalue weighted by Crippen LogP contribution is -2.61. The van der Waals surface area contributed by atoms with Crippen molar-refractivity contribution in [2.24, 2.45) is 45.5 Å². The summed E-state index contributed by atoms with van der Waals surface area (Å²) in [5.41, 5.74) is 28.0. The van der Waals surface area contributed by atoms with Gasteiger partial charge in [0, 0.05) is 32.6 Å². The molecule has 30 nitrogen and oxygen atoms in total. The molecule has 0 radical (unpaired) electrons. The SMILES string of the molecule is CC[C@H](C)[C@@H]1NC(=O)[C@H](CO)NC(=O)[C@@H](NC(=O)CNC(=O)[C@H](CCCCN)NC(C)=O)CCCCc2cn(nn2)CCC[C@@H](C(=O)N[C@@H](CC(C)C)C(=O)N[C@@H](CCCN=C(N)N)C(N)=O)NC(=O)[C@H](CCC(N)=O)NC1=O. The van der Waals surface area contributed by atoms with Crippen molar-refractivity contribution in [1.82, 2.24) is 62.8 Å². The Morgan fingerprint density at radius 3 is 2.10 bits per heavy atom.